The van der Waals surface area contributed by atoms with E-state index in [0.29, 0.717) is 13.0 Å². The molecule has 14 heavy (non-hydrogen) atoms. The molecule has 0 fully saturated rings. The van der Waals surface area contributed by atoms with Crippen molar-refractivity contribution in [3.8, 4) is 0 Å². The summed E-state index contributed by atoms with van der Waals surface area (Å²) in [6.45, 7) is 3.31. The first-order chi connectivity index (χ1) is 6.74. The Kier molecular flexibility index (Phi) is 4.12. The highest BCUT2D eigenvalue weighted by Crippen LogP contribution is 2.00. The van der Waals surface area contributed by atoms with E-state index in [1.54, 1.807) is 6.20 Å². The lowest BCUT2D eigenvalue weighted by molar-refractivity contribution is -0.140. The van der Waals surface area contributed by atoms with Crippen molar-refractivity contribution in [1.29, 1.82) is 0 Å². The Bertz CT molecular complexity index is 296. The number of esters is 1. The highest BCUT2D eigenvalue weighted by atomic mass is 16.5. The minimum absolute atomic E-state index is 0.193. The lowest BCUT2D eigenvalue weighted by Gasteiger charge is -2.02. The number of carbonyl (C=O) groups excluding carboxylic acids is 1. The third-order valence-electron chi connectivity index (χ3n) is 1.98. The normalized spacial score (nSPS) is 10.1. The smallest absolute Gasteiger partial charge is 0.306 e. The van der Waals surface area contributed by atoms with Crippen molar-refractivity contribution in [1.82, 2.24) is 15.5 Å². The number of aryl methyl sites for hydroxylation is 1. The van der Waals surface area contributed by atoms with Gasteiger partial charge in [-0.3, -0.25) is 9.89 Å². The van der Waals surface area contributed by atoms with Gasteiger partial charge in [0.25, 0.3) is 0 Å². The molecule has 0 unspecified atom stereocenters. The molecule has 5 heteroatoms. The lowest BCUT2D eigenvalue weighted by Crippen LogP contribution is -2.18. The molecular formula is C9H15N3O2. The Hall–Kier alpha value is -1.36. The third kappa shape index (κ3) is 3.18. The zero-order valence-electron chi connectivity index (χ0n) is 8.46. The molecule has 0 aliphatic heterocycles. The molecule has 5 nitrogen and oxygen atoms in total. The molecule has 1 rings (SSSR count). The number of nitrogens with one attached hydrogen (secondary N) is 2. The highest BCUT2D eigenvalue weighted by molar-refractivity contribution is 5.69. The summed E-state index contributed by atoms with van der Waals surface area (Å²) in [5.74, 6) is -0.193. The summed E-state index contributed by atoms with van der Waals surface area (Å²) >= 11 is 0. The molecule has 0 aliphatic rings. The van der Waals surface area contributed by atoms with Crippen molar-refractivity contribution in [2.45, 2.75) is 19.9 Å². The Morgan fingerprint density at radius 3 is 3.07 bits per heavy atom. The number of aromatic amines is 1. The first-order valence-electron chi connectivity index (χ1n) is 4.50. The number of methoxy groups -OCH3 is 1. The number of nitrogens with zero attached hydrogens (tertiary/aromatic N) is 1. The fraction of sp³-hybridized carbons (Fsp3) is 0.556. The Balaban J connectivity index is 2.16. The second-order valence-electron chi connectivity index (χ2n) is 3.02. The third-order valence-corrected chi connectivity index (χ3v) is 1.98. The van der Waals surface area contributed by atoms with Crippen LogP contribution in [0.2, 0.25) is 0 Å². The van der Waals surface area contributed by atoms with Gasteiger partial charge in [0.1, 0.15) is 0 Å². The predicted molar refractivity (Wildman–Crippen MR) is 51.7 cm³/mol. The van der Waals surface area contributed by atoms with Crippen molar-refractivity contribution in [2.24, 2.45) is 0 Å². The minimum atomic E-state index is -0.193. The van der Waals surface area contributed by atoms with Gasteiger partial charge < -0.3 is 10.1 Å². The summed E-state index contributed by atoms with van der Waals surface area (Å²) in [6, 6.07) is 0. The standard InChI is InChI=1S/C9H15N3O2/c1-7-8(6-11-12-7)5-10-4-3-9(13)14-2/h6,10H,3-5H2,1-2H3,(H,11,12). The summed E-state index contributed by atoms with van der Waals surface area (Å²) < 4.78 is 4.51. The Morgan fingerprint density at radius 1 is 1.71 bits per heavy atom. The van der Waals surface area contributed by atoms with Crippen LogP contribution < -0.4 is 5.32 Å². The number of ether oxygens (including phenoxy) is 1. The Morgan fingerprint density at radius 2 is 2.50 bits per heavy atom. The zero-order chi connectivity index (χ0) is 10.4. The molecule has 0 atom stereocenters. The van der Waals surface area contributed by atoms with Gasteiger partial charge in [-0.15, -0.1) is 0 Å². The molecule has 0 bridgehead atoms. The van der Waals surface area contributed by atoms with Crippen LogP contribution in [0.3, 0.4) is 0 Å². The molecule has 1 aromatic rings. The van der Waals surface area contributed by atoms with E-state index >= 15 is 0 Å². The molecule has 0 saturated carbocycles. The van der Waals surface area contributed by atoms with Crippen LogP contribution in [0.25, 0.3) is 0 Å². The van der Waals surface area contributed by atoms with Crippen molar-refractivity contribution >= 4 is 5.97 Å². The van der Waals surface area contributed by atoms with Gasteiger partial charge in [0, 0.05) is 24.3 Å². The summed E-state index contributed by atoms with van der Waals surface area (Å²) in [5, 5.41) is 9.88. The van der Waals surface area contributed by atoms with E-state index in [9.17, 15) is 4.79 Å². The fourth-order valence-corrected chi connectivity index (χ4v) is 1.07. The van der Waals surface area contributed by atoms with Crippen LogP contribution in [0.5, 0.6) is 0 Å². The van der Waals surface area contributed by atoms with E-state index in [4.69, 9.17) is 0 Å². The molecule has 78 valence electrons. The van der Waals surface area contributed by atoms with E-state index in [1.807, 2.05) is 6.92 Å². The summed E-state index contributed by atoms with van der Waals surface area (Å²) in [5.41, 5.74) is 2.17. The molecule has 0 spiro atoms. The summed E-state index contributed by atoms with van der Waals surface area (Å²) in [4.78, 5) is 10.8. The van der Waals surface area contributed by atoms with Crippen LogP contribution in [0.4, 0.5) is 0 Å². The molecule has 1 heterocycles. The van der Waals surface area contributed by atoms with Gasteiger partial charge in [-0.1, -0.05) is 0 Å². The van der Waals surface area contributed by atoms with Crippen LogP contribution in [0, 0.1) is 6.92 Å². The molecule has 0 aromatic carbocycles. The maximum absolute atomic E-state index is 10.8. The number of H-pyrrole nitrogens is 1. The number of hydrogen-bond donors (Lipinski definition) is 2. The number of aromatic nitrogens is 2. The average molecular weight is 197 g/mol. The second kappa shape index (κ2) is 5.39. The van der Waals surface area contributed by atoms with Crippen molar-refractivity contribution in [3.05, 3.63) is 17.5 Å². The lowest BCUT2D eigenvalue weighted by atomic mass is 10.2. The van der Waals surface area contributed by atoms with Crippen molar-refractivity contribution in [3.63, 3.8) is 0 Å². The first-order valence-corrected chi connectivity index (χ1v) is 4.50. The number of carbonyl (C=O) groups is 1. The van der Waals surface area contributed by atoms with E-state index in [0.717, 1.165) is 17.8 Å². The topological polar surface area (TPSA) is 67.0 Å². The van der Waals surface area contributed by atoms with Crippen molar-refractivity contribution in [2.75, 3.05) is 13.7 Å². The zero-order valence-corrected chi connectivity index (χ0v) is 8.46. The van der Waals surface area contributed by atoms with E-state index in [2.05, 4.69) is 20.3 Å². The molecule has 0 radical (unpaired) electrons. The van der Waals surface area contributed by atoms with E-state index in [-0.39, 0.29) is 5.97 Å². The molecule has 0 amide bonds. The van der Waals surface area contributed by atoms with Gasteiger partial charge in [-0.25, -0.2) is 0 Å². The van der Waals surface area contributed by atoms with E-state index < -0.39 is 0 Å². The van der Waals surface area contributed by atoms with Crippen LogP contribution in [0.15, 0.2) is 6.20 Å². The van der Waals surface area contributed by atoms with Gasteiger partial charge in [0.2, 0.25) is 0 Å². The second-order valence-corrected chi connectivity index (χ2v) is 3.02. The van der Waals surface area contributed by atoms with Crippen LogP contribution in [-0.2, 0) is 16.1 Å². The fourth-order valence-electron chi connectivity index (χ4n) is 1.07. The van der Waals surface area contributed by atoms with Crippen LogP contribution >= 0.6 is 0 Å². The first kappa shape index (κ1) is 10.7. The van der Waals surface area contributed by atoms with Gasteiger partial charge in [0.05, 0.1) is 19.7 Å². The van der Waals surface area contributed by atoms with E-state index in [1.165, 1.54) is 7.11 Å². The predicted octanol–water partition coefficient (Wildman–Crippen LogP) is 0.371. The average Bonchev–Trinajstić information content (AvgIpc) is 2.58. The molecule has 0 saturated heterocycles. The molecule has 0 aliphatic carbocycles. The van der Waals surface area contributed by atoms with Crippen LogP contribution in [-0.4, -0.2) is 29.8 Å². The monoisotopic (exact) mass is 197 g/mol. The molecule has 2 N–H and O–H groups in total. The van der Waals surface area contributed by atoms with Gasteiger partial charge in [-0.2, -0.15) is 5.10 Å². The van der Waals surface area contributed by atoms with Crippen LogP contribution in [0.1, 0.15) is 17.7 Å². The number of hydrogen-bond acceptors (Lipinski definition) is 4. The Labute approximate surface area is 82.8 Å². The summed E-state index contributed by atoms with van der Waals surface area (Å²) in [6.07, 6.45) is 2.17. The minimum Gasteiger partial charge on any atom is -0.469 e. The SMILES string of the molecule is COC(=O)CCNCc1cn[nH]c1C. The largest absolute Gasteiger partial charge is 0.469 e. The maximum Gasteiger partial charge on any atom is 0.306 e. The molecular weight excluding hydrogens is 182 g/mol. The highest BCUT2D eigenvalue weighted by Gasteiger charge is 2.01. The molecule has 1 aromatic heterocycles. The van der Waals surface area contributed by atoms with Gasteiger partial charge in [-0.05, 0) is 6.92 Å². The maximum atomic E-state index is 10.8. The number of rotatable bonds is 5. The van der Waals surface area contributed by atoms with Crippen molar-refractivity contribution < 1.29 is 9.53 Å². The summed E-state index contributed by atoms with van der Waals surface area (Å²) in [7, 11) is 1.39. The van der Waals surface area contributed by atoms with Gasteiger partial charge in [0.15, 0.2) is 0 Å². The quantitative estimate of drug-likeness (QED) is 0.528. The van der Waals surface area contributed by atoms with Gasteiger partial charge >= 0.3 is 5.97 Å².